The van der Waals surface area contributed by atoms with E-state index in [4.69, 9.17) is 14.2 Å². The standard InChI is InChI=1S/C25H48O3/c1-4-7-8-9-10-11-12-17-25(26-19-5-2,27-20-6-3)18-13-14-22-15-16-23-24(21-22)28-23/h22-24H,4-21H2,1-3H3. The predicted molar refractivity (Wildman–Crippen MR) is 118 cm³/mol. The molecule has 3 nitrogen and oxygen atoms in total. The molecule has 0 aromatic rings. The molecule has 1 saturated heterocycles. The maximum Gasteiger partial charge on any atom is 0.168 e. The summed E-state index contributed by atoms with van der Waals surface area (Å²) in [5.74, 6) is 0.528. The Morgan fingerprint density at radius 2 is 1.36 bits per heavy atom. The molecule has 166 valence electrons. The SMILES string of the molecule is CCCCCCCCCC(CCCC1CCC2OC2C1)(OCCC)OCCC. The van der Waals surface area contributed by atoms with Crippen LogP contribution in [0, 0.1) is 5.92 Å². The number of ether oxygens (including phenoxy) is 3. The molecule has 28 heavy (non-hydrogen) atoms. The van der Waals surface area contributed by atoms with E-state index in [0.29, 0.717) is 12.2 Å². The third kappa shape index (κ3) is 9.13. The normalized spacial score (nSPS) is 24.3. The Balaban J connectivity index is 1.74. The van der Waals surface area contributed by atoms with Crippen LogP contribution in [0.2, 0.25) is 0 Å². The van der Waals surface area contributed by atoms with E-state index in [9.17, 15) is 0 Å². The van der Waals surface area contributed by atoms with Crippen molar-refractivity contribution in [3.63, 3.8) is 0 Å². The summed E-state index contributed by atoms with van der Waals surface area (Å²) in [5.41, 5.74) is 0. The van der Waals surface area contributed by atoms with Gasteiger partial charge < -0.3 is 14.2 Å². The van der Waals surface area contributed by atoms with Gasteiger partial charge in [-0.1, -0.05) is 65.7 Å². The molecule has 3 unspecified atom stereocenters. The summed E-state index contributed by atoms with van der Waals surface area (Å²) >= 11 is 0. The molecule has 1 aliphatic carbocycles. The van der Waals surface area contributed by atoms with Gasteiger partial charge in [0.15, 0.2) is 5.79 Å². The lowest BCUT2D eigenvalue weighted by Gasteiger charge is -2.35. The van der Waals surface area contributed by atoms with Crippen molar-refractivity contribution in [2.24, 2.45) is 5.92 Å². The van der Waals surface area contributed by atoms with E-state index in [2.05, 4.69) is 20.8 Å². The van der Waals surface area contributed by atoms with Crippen molar-refractivity contribution >= 4 is 0 Å². The van der Waals surface area contributed by atoms with Crippen molar-refractivity contribution in [3.05, 3.63) is 0 Å². The molecule has 1 aliphatic heterocycles. The van der Waals surface area contributed by atoms with E-state index in [0.717, 1.165) is 44.8 Å². The fourth-order valence-corrected chi connectivity index (χ4v) is 4.79. The molecule has 2 aliphatic rings. The topological polar surface area (TPSA) is 31.0 Å². The smallest absolute Gasteiger partial charge is 0.168 e. The molecular weight excluding hydrogens is 348 g/mol. The fraction of sp³-hybridized carbons (Fsp3) is 1.00. The van der Waals surface area contributed by atoms with Gasteiger partial charge >= 0.3 is 0 Å². The van der Waals surface area contributed by atoms with Crippen molar-refractivity contribution in [2.45, 2.75) is 141 Å². The molecule has 3 heteroatoms. The van der Waals surface area contributed by atoms with Crippen molar-refractivity contribution in [1.29, 1.82) is 0 Å². The lowest BCUT2D eigenvalue weighted by molar-refractivity contribution is -0.246. The van der Waals surface area contributed by atoms with Crippen LogP contribution in [-0.4, -0.2) is 31.2 Å². The van der Waals surface area contributed by atoms with Gasteiger partial charge in [-0.05, 0) is 50.9 Å². The van der Waals surface area contributed by atoms with Gasteiger partial charge in [0.2, 0.25) is 0 Å². The lowest BCUT2D eigenvalue weighted by atomic mass is 9.85. The number of epoxide rings is 1. The van der Waals surface area contributed by atoms with Crippen LogP contribution in [0.15, 0.2) is 0 Å². The summed E-state index contributed by atoms with van der Waals surface area (Å²) in [5, 5.41) is 0. The molecule has 1 saturated carbocycles. The van der Waals surface area contributed by atoms with Crippen LogP contribution in [0.5, 0.6) is 0 Å². The molecule has 2 rings (SSSR count). The van der Waals surface area contributed by atoms with E-state index < -0.39 is 0 Å². The molecule has 0 aromatic carbocycles. The number of rotatable bonds is 18. The maximum atomic E-state index is 6.40. The molecule has 2 fully saturated rings. The highest BCUT2D eigenvalue weighted by atomic mass is 16.7. The third-order valence-corrected chi connectivity index (χ3v) is 6.58. The van der Waals surface area contributed by atoms with E-state index in [1.165, 1.54) is 77.0 Å². The summed E-state index contributed by atoms with van der Waals surface area (Å²) in [6, 6.07) is 0. The zero-order valence-electron chi connectivity index (χ0n) is 19.2. The Kier molecular flexibility index (Phi) is 12.1. The van der Waals surface area contributed by atoms with Gasteiger partial charge in [-0.15, -0.1) is 0 Å². The molecule has 0 amide bonds. The van der Waals surface area contributed by atoms with E-state index >= 15 is 0 Å². The Hall–Kier alpha value is -0.120. The average molecular weight is 397 g/mol. The first-order chi connectivity index (χ1) is 13.7. The van der Waals surface area contributed by atoms with Gasteiger partial charge in [0.25, 0.3) is 0 Å². The van der Waals surface area contributed by atoms with Crippen LogP contribution in [-0.2, 0) is 14.2 Å². The largest absolute Gasteiger partial charge is 0.370 e. The molecule has 0 aromatic heterocycles. The highest BCUT2D eigenvalue weighted by Gasteiger charge is 2.43. The second-order valence-electron chi connectivity index (χ2n) is 9.26. The van der Waals surface area contributed by atoms with Gasteiger partial charge in [0.1, 0.15) is 0 Å². The highest BCUT2D eigenvalue weighted by Crippen LogP contribution is 2.41. The van der Waals surface area contributed by atoms with E-state index in [1.54, 1.807) is 0 Å². The van der Waals surface area contributed by atoms with Crippen molar-refractivity contribution < 1.29 is 14.2 Å². The first-order valence-corrected chi connectivity index (χ1v) is 12.7. The fourth-order valence-electron chi connectivity index (χ4n) is 4.79. The number of hydrogen-bond donors (Lipinski definition) is 0. The Morgan fingerprint density at radius 3 is 2.00 bits per heavy atom. The summed E-state index contributed by atoms with van der Waals surface area (Å²) in [6.45, 7) is 8.33. The zero-order valence-corrected chi connectivity index (χ0v) is 19.2. The molecule has 0 N–H and O–H groups in total. The van der Waals surface area contributed by atoms with Crippen LogP contribution in [0.1, 0.15) is 124 Å². The van der Waals surface area contributed by atoms with Gasteiger partial charge in [-0.25, -0.2) is 0 Å². The summed E-state index contributed by atoms with van der Waals surface area (Å²) in [7, 11) is 0. The molecule has 0 radical (unpaired) electrons. The average Bonchev–Trinajstić information content (AvgIpc) is 3.48. The second kappa shape index (κ2) is 14.0. The zero-order chi connectivity index (χ0) is 20.1. The van der Waals surface area contributed by atoms with Gasteiger partial charge in [-0.2, -0.15) is 0 Å². The summed E-state index contributed by atoms with van der Waals surface area (Å²) in [4.78, 5) is 0. The summed E-state index contributed by atoms with van der Waals surface area (Å²) in [6.07, 6.45) is 21.4. The molecule has 3 atom stereocenters. The van der Waals surface area contributed by atoms with Crippen molar-refractivity contribution in [3.8, 4) is 0 Å². The van der Waals surface area contributed by atoms with Crippen LogP contribution in [0.4, 0.5) is 0 Å². The van der Waals surface area contributed by atoms with E-state index in [1.807, 2.05) is 0 Å². The Bertz CT molecular complexity index is 376. The van der Waals surface area contributed by atoms with Crippen LogP contribution >= 0.6 is 0 Å². The number of fused-ring (bicyclic) bond motifs is 1. The monoisotopic (exact) mass is 396 g/mol. The van der Waals surface area contributed by atoms with Gasteiger partial charge in [0, 0.05) is 26.1 Å². The maximum absolute atomic E-state index is 6.40. The minimum atomic E-state index is -0.331. The minimum Gasteiger partial charge on any atom is -0.370 e. The predicted octanol–water partition coefficient (Wildman–Crippen LogP) is 7.41. The van der Waals surface area contributed by atoms with Crippen LogP contribution < -0.4 is 0 Å². The lowest BCUT2D eigenvalue weighted by Crippen LogP contribution is -2.37. The highest BCUT2D eigenvalue weighted by molar-refractivity contribution is 4.91. The Morgan fingerprint density at radius 1 is 0.714 bits per heavy atom. The molecule has 0 spiro atoms. The van der Waals surface area contributed by atoms with Gasteiger partial charge in [-0.3, -0.25) is 0 Å². The van der Waals surface area contributed by atoms with E-state index in [-0.39, 0.29) is 5.79 Å². The first kappa shape index (κ1) is 24.2. The minimum absolute atomic E-state index is 0.331. The number of unbranched alkanes of at least 4 members (excludes halogenated alkanes) is 6. The first-order valence-electron chi connectivity index (χ1n) is 12.7. The van der Waals surface area contributed by atoms with Crippen LogP contribution in [0.25, 0.3) is 0 Å². The van der Waals surface area contributed by atoms with Crippen molar-refractivity contribution in [2.75, 3.05) is 13.2 Å². The molecule has 0 bridgehead atoms. The molecular formula is C25H48O3. The quantitative estimate of drug-likeness (QED) is 0.137. The summed E-state index contributed by atoms with van der Waals surface area (Å²) < 4.78 is 18.5. The second-order valence-corrected chi connectivity index (χ2v) is 9.26. The molecule has 1 heterocycles. The Labute approximate surface area is 175 Å². The third-order valence-electron chi connectivity index (χ3n) is 6.58. The van der Waals surface area contributed by atoms with Crippen LogP contribution in [0.3, 0.4) is 0 Å². The van der Waals surface area contributed by atoms with Gasteiger partial charge in [0.05, 0.1) is 12.2 Å². The van der Waals surface area contributed by atoms with Crippen molar-refractivity contribution in [1.82, 2.24) is 0 Å². The number of hydrogen-bond acceptors (Lipinski definition) is 3.